The summed E-state index contributed by atoms with van der Waals surface area (Å²) in [6.45, 7) is 8.56. The number of rotatable bonds is 10. The van der Waals surface area contributed by atoms with Crippen LogP contribution in [0.3, 0.4) is 0 Å². The van der Waals surface area contributed by atoms with Gasteiger partial charge in [-0.3, -0.25) is 19.3 Å². The zero-order valence-corrected chi connectivity index (χ0v) is 19.9. The third-order valence-electron chi connectivity index (χ3n) is 4.33. The van der Waals surface area contributed by atoms with Crippen molar-refractivity contribution in [2.24, 2.45) is 0 Å². The first-order valence-electron chi connectivity index (χ1n) is 10.8. The van der Waals surface area contributed by atoms with Gasteiger partial charge in [-0.15, -0.1) is 0 Å². The molecule has 1 unspecified atom stereocenters. The molecule has 1 rings (SSSR count). The molecule has 0 aromatic heterocycles. The second-order valence-electron chi connectivity index (χ2n) is 8.09. The van der Waals surface area contributed by atoms with Crippen LogP contribution in [0.15, 0.2) is 24.3 Å². The molecule has 0 saturated carbocycles. The van der Waals surface area contributed by atoms with E-state index in [1.807, 2.05) is 19.1 Å². The van der Waals surface area contributed by atoms with Gasteiger partial charge in [-0.1, -0.05) is 37.6 Å². The highest BCUT2D eigenvalue weighted by Gasteiger charge is 2.31. The Labute approximate surface area is 195 Å². The van der Waals surface area contributed by atoms with E-state index in [-0.39, 0.29) is 19.6 Å². The van der Waals surface area contributed by atoms with Crippen LogP contribution >= 0.6 is 0 Å². The molecule has 9 heteroatoms. The number of esters is 1. The van der Waals surface area contributed by atoms with Gasteiger partial charge in [0.25, 0.3) is 5.91 Å². The summed E-state index contributed by atoms with van der Waals surface area (Å²) in [6.07, 6.45) is 5.58. The molecule has 0 fully saturated rings. The topological polar surface area (TPSA) is 114 Å². The van der Waals surface area contributed by atoms with E-state index >= 15 is 0 Å². The lowest BCUT2D eigenvalue weighted by atomic mass is 10.0. The van der Waals surface area contributed by atoms with Crippen LogP contribution in [0, 0.1) is 12.5 Å². The van der Waals surface area contributed by atoms with Crippen molar-refractivity contribution in [2.45, 2.75) is 59.1 Å². The molecular weight excluding hydrogens is 426 g/mol. The highest BCUT2D eigenvalue weighted by Crippen LogP contribution is 2.22. The molecule has 0 aliphatic rings. The minimum Gasteiger partial charge on any atom is -0.466 e. The number of aryl methyl sites for hydroxylation is 1. The molecule has 180 valence electrons. The number of nitrogens with one attached hydrogen (secondary N) is 2. The van der Waals surface area contributed by atoms with Gasteiger partial charge in [0, 0.05) is 12.6 Å². The molecule has 0 aliphatic heterocycles. The average Bonchev–Trinajstić information content (AvgIpc) is 2.74. The third kappa shape index (κ3) is 9.64. The van der Waals surface area contributed by atoms with Crippen molar-refractivity contribution >= 4 is 23.9 Å². The first kappa shape index (κ1) is 27.5. The van der Waals surface area contributed by atoms with Gasteiger partial charge in [0.2, 0.25) is 5.91 Å². The number of nitrogens with zero attached hydrogens (tertiary/aromatic N) is 1. The highest BCUT2D eigenvalue weighted by molar-refractivity contribution is 5.91. The summed E-state index contributed by atoms with van der Waals surface area (Å²) >= 11 is 0. The number of alkyl carbamates (subject to hydrolysis) is 1. The quantitative estimate of drug-likeness (QED) is 0.315. The molecule has 9 nitrogen and oxygen atoms in total. The number of benzene rings is 1. The predicted octanol–water partition coefficient (Wildman–Crippen LogP) is 2.30. The molecule has 1 atom stereocenters. The fourth-order valence-electron chi connectivity index (χ4n) is 2.81. The highest BCUT2D eigenvalue weighted by atomic mass is 16.6. The van der Waals surface area contributed by atoms with E-state index in [4.69, 9.17) is 15.9 Å². The van der Waals surface area contributed by atoms with Crippen molar-refractivity contribution in [3.63, 3.8) is 0 Å². The van der Waals surface area contributed by atoms with Crippen molar-refractivity contribution in [3.8, 4) is 12.5 Å². The molecule has 0 heterocycles. The molecule has 0 spiro atoms. The summed E-state index contributed by atoms with van der Waals surface area (Å²) in [7, 11) is 0. The number of terminal acetylenes is 1. The zero-order chi connectivity index (χ0) is 25.0. The van der Waals surface area contributed by atoms with E-state index < -0.39 is 42.1 Å². The average molecular weight is 460 g/mol. The smallest absolute Gasteiger partial charge is 0.408 e. The molecule has 33 heavy (non-hydrogen) atoms. The van der Waals surface area contributed by atoms with Crippen molar-refractivity contribution < 1.29 is 28.7 Å². The second kappa shape index (κ2) is 13.1. The fourth-order valence-corrected chi connectivity index (χ4v) is 2.81. The Hall–Kier alpha value is -3.54. The van der Waals surface area contributed by atoms with Crippen LogP contribution in [0.5, 0.6) is 0 Å². The number of ether oxygens (including phenoxy) is 2. The van der Waals surface area contributed by atoms with Crippen LogP contribution in [0.1, 0.15) is 58.2 Å². The number of carbonyl (C=O) groups is 4. The van der Waals surface area contributed by atoms with Crippen LogP contribution in [-0.2, 0) is 30.3 Å². The molecule has 3 amide bonds. The number of hydrogen-bond donors (Lipinski definition) is 2. The van der Waals surface area contributed by atoms with E-state index in [0.29, 0.717) is 5.56 Å². The van der Waals surface area contributed by atoms with E-state index in [0.717, 1.165) is 16.9 Å². The summed E-state index contributed by atoms with van der Waals surface area (Å²) in [5.74, 6) is -1.69. The van der Waals surface area contributed by atoms with E-state index in [1.165, 1.54) is 0 Å². The minimum atomic E-state index is -1.16. The molecule has 0 bridgehead atoms. The van der Waals surface area contributed by atoms with E-state index in [9.17, 15) is 19.2 Å². The lowest BCUT2D eigenvalue weighted by Gasteiger charge is -2.27. The van der Waals surface area contributed by atoms with Gasteiger partial charge < -0.3 is 20.1 Å². The second-order valence-corrected chi connectivity index (χ2v) is 8.09. The molecule has 1 aromatic carbocycles. The number of carbonyl (C=O) groups excluding carboxylic acids is 4. The maximum absolute atomic E-state index is 13.0. The van der Waals surface area contributed by atoms with Gasteiger partial charge in [-0.25, -0.2) is 4.79 Å². The lowest BCUT2D eigenvalue weighted by Crippen LogP contribution is -2.46. The standard InChI is InChI=1S/C24H33N3O6/c1-7-17-10-12-18(13-11-17)21(22(30)25-15-14-20(29)32-9-3)27(8-2)19(28)16-26-23(31)33-24(4,5)6/h2,10-13,21H,7,9,14-16H2,1,3-6H3,(H,25,30)(H,26,31). The number of hydrogen-bond acceptors (Lipinski definition) is 6. The summed E-state index contributed by atoms with van der Waals surface area (Å²) in [6, 6.07) is 8.19. The maximum Gasteiger partial charge on any atom is 0.408 e. The van der Waals surface area contributed by atoms with Gasteiger partial charge in [0.15, 0.2) is 0 Å². The number of amides is 3. The van der Waals surface area contributed by atoms with Crippen LogP contribution < -0.4 is 10.6 Å². The van der Waals surface area contributed by atoms with E-state index in [1.54, 1.807) is 39.8 Å². The Morgan fingerprint density at radius 3 is 2.24 bits per heavy atom. The van der Waals surface area contributed by atoms with Crippen molar-refractivity contribution in [2.75, 3.05) is 19.7 Å². The minimum absolute atomic E-state index is 0.0178. The third-order valence-corrected chi connectivity index (χ3v) is 4.33. The first-order valence-corrected chi connectivity index (χ1v) is 10.8. The van der Waals surface area contributed by atoms with Crippen LogP contribution in [0.4, 0.5) is 4.79 Å². The predicted molar refractivity (Wildman–Crippen MR) is 123 cm³/mol. The van der Waals surface area contributed by atoms with Crippen molar-refractivity contribution in [3.05, 3.63) is 35.4 Å². The van der Waals surface area contributed by atoms with Crippen molar-refractivity contribution in [1.29, 1.82) is 0 Å². The van der Waals surface area contributed by atoms with Crippen molar-refractivity contribution in [1.82, 2.24) is 15.5 Å². The molecule has 1 aromatic rings. The lowest BCUT2D eigenvalue weighted by molar-refractivity contribution is -0.143. The monoisotopic (exact) mass is 459 g/mol. The molecule has 0 saturated heterocycles. The van der Waals surface area contributed by atoms with Gasteiger partial charge in [-0.05, 0) is 45.2 Å². The molecule has 0 aliphatic carbocycles. The Morgan fingerprint density at radius 2 is 1.73 bits per heavy atom. The maximum atomic E-state index is 13.0. The van der Waals surface area contributed by atoms with E-state index in [2.05, 4.69) is 16.7 Å². The van der Waals surface area contributed by atoms with Gasteiger partial charge in [0.1, 0.15) is 18.2 Å². The normalized spacial score (nSPS) is 11.5. The molecule has 2 N–H and O–H groups in total. The largest absolute Gasteiger partial charge is 0.466 e. The zero-order valence-electron chi connectivity index (χ0n) is 19.9. The first-order chi connectivity index (χ1) is 15.5. The fraction of sp³-hybridized carbons (Fsp3) is 0.500. The van der Waals surface area contributed by atoms with Crippen LogP contribution in [-0.4, -0.2) is 54.1 Å². The van der Waals surface area contributed by atoms with Crippen LogP contribution in [0.25, 0.3) is 0 Å². The molecule has 0 radical (unpaired) electrons. The summed E-state index contributed by atoms with van der Waals surface area (Å²) in [5.41, 5.74) is 0.802. The van der Waals surface area contributed by atoms with Gasteiger partial charge in [-0.2, -0.15) is 0 Å². The summed E-state index contributed by atoms with van der Waals surface area (Å²) in [5, 5.41) is 4.97. The Balaban J connectivity index is 3.02. The van der Waals surface area contributed by atoms with Gasteiger partial charge in [0.05, 0.1) is 13.0 Å². The molecular formula is C24H33N3O6. The SMILES string of the molecule is C#CN(C(=O)CNC(=O)OC(C)(C)C)C(C(=O)NCCC(=O)OCC)c1ccc(CC)cc1. The van der Waals surface area contributed by atoms with Gasteiger partial charge >= 0.3 is 12.1 Å². The Bertz CT molecular complexity index is 868. The Morgan fingerprint density at radius 1 is 1.09 bits per heavy atom. The Kier molecular flexibility index (Phi) is 10.9. The summed E-state index contributed by atoms with van der Waals surface area (Å²) < 4.78 is 9.97. The van der Waals surface area contributed by atoms with Crippen LogP contribution in [0.2, 0.25) is 0 Å². The summed E-state index contributed by atoms with van der Waals surface area (Å²) in [4.78, 5) is 50.2.